The maximum Gasteiger partial charge on any atom is 0.305 e. The summed E-state index contributed by atoms with van der Waals surface area (Å²) in [5.74, 6) is -1.20. The Balaban J connectivity index is 2.59. The number of aliphatic carboxylic acids is 1. The smallest absolute Gasteiger partial charge is 0.305 e. The Bertz CT molecular complexity index is 1740. The van der Waals surface area contributed by atoms with Gasteiger partial charge < -0.3 is 29.5 Å². The van der Waals surface area contributed by atoms with Crippen LogP contribution in [0, 0.1) is 9.49 Å². The fraction of sp³-hybridized carbons (Fsp3) is 0.617. The molecule has 60 heavy (non-hydrogen) atoms. The van der Waals surface area contributed by atoms with E-state index in [0.29, 0.717) is 45.2 Å². The third-order valence-corrected chi connectivity index (χ3v) is 25.2. The van der Waals surface area contributed by atoms with Gasteiger partial charge in [0.15, 0.2) is 0 Å². The molecular weight excluding hydrogens is 902 g/mol. The van der Waals surface area contributed by atoms with Crippen LogP contribution in [-0.2, 0) is 25.6 Å². The van der Waals surface area contributed by atoms with Gasteiger partial charge in [0.2, 0.25) is 17.7 Å². The third kappa shape index (κ3) is 13.2. The summed E-state index contributed by atoms with van der Waals surface area (Å²) < 4.78 is 14.8. The highest BCUT2D eigenvalue weighted by atomic mass is 127. The van der Waals surface area contributed by atoms with Crippen molar-refractivity contribution in [2.45, 2.75) is 174 Å². The van der Waals surface area contributed by atoms with E-state index in [4.69, 9.17) is 8.85 Å². The molecule has 0 aromatic heterocycles. The SMILES string of the molecule is C=C(C)C[C@H](C)C(=O)N[C@@H](C)C(=O)N(C)[C@H](Cc1ccc(O[Si](C(C)C)(C(C)C)C(C)C)c(I)c1)C(=O)N[C@H](CC(=O)O)c1ccc(O[Si](C(C)C)(C(C)C)C(C)C)cc1. The van der Waals surface area contributed by atoms with Gasteiger partial charge >= 0.3 is 5.97 Å². The molecule has 0 saturated carbocycles. The van der Waals surface area contributed by atoms with Gasteiger partial charge in [-0.1, -0.05) is 114 Å². The Hall–Kier alpha value is -3.18. The highest BCUT2D eigenvalue weighted by molar-refractivity contribution is 14.1. The molecule has 2 aromatic rings. The van der Waals surface area contributed by atoms with Gasteiger partial charge in [0.1, 0.15) is 23.6 Å². The molecule has 0 bridgehead atoms. The Morgan fingerprint density at radius 2 is 1.20 bits per heavy atom. The molecular formula is C47H76IN3O7Si2. The van der Waals surface area contributed by atoms with Crippen molar-refractivity contribution in [1.82, 2.24) is 15.5 Å². The Labute approximate surface area is 377 Å². The number of carboxylic acids is 1. The number of carbonyl (C=O) groups is 4. The number of nitrogens with one attached hydrogen (secondary N) is 2. The van der Waals surface area contributed by atoms with Crippen LogP contribution in [0.15, 0.2) is 54.6 Å². The molecule has 0 spiro atoms. The van der Waals surface area contributed by atoms with Crippen LogP contribution in [0.5, 0.6) is 11.5 Å². The summed E-state index contributed by atoms with van der Waals surface area (Å²) in [5.41, 5.74) is 4.50. The summed E-state index contributed by atoms with van der Waals surface area (Å²) in [6, 6.07) is 10.4. The van der Waals surface area contributed by atoms with Crippen molar-refractivity contribution in [2.75, 3.05) is 7.05 Å². The zero-order chi connectivity index (χ0) is 46.0. The molecule has 3 N–H and O–H groups in total. The lowest BCUT2D eigenvalue weighted by Crippen LogP contribution is -2.55. The summed E-state index contributed by atoms with van der Waals surface area (Å²) in [6.45, 7) is 35.9. The minimum atomic E-state index is -2.25. The van der Waals surface area contributed by atoms with E-state index in [2.05, 4.69) is 123 Å². The van der Waals surface area contributed by atoms with Gasteiger partial charge in [0.05, 0.1) is 16.0 Å². The highest BCUT2D eigenvalue weighted by Crippen LogP contribution is 2.44. The molecule has 0 radical (unpaired) electrons. The summed E-state index contributed by atoms with van der Waals surface area (Å²) in [5, 5.41) is 15.8. The molecule has 2 rings (SSSR count). The Morgan fingerprint density at radius 3 is 1.63 bits per heavy atom. The van der Waals surface area contributed by atoms with Crippen LogP contribution in [0.3, 0.4) is 0 Å². The first-order valence-corrected chi connectivity index (χ1v) is 27.1. The van der Waals surface area contributed by atoms with Crippen LogP contribution < -0.4 is 19.5 Å². The number of allylic oxidation sites excluding steroid dienone is 1. The first kappa shape index (κ1) is 53.0. The maximum atomic E-state index is 14.5. The van der Waals surface area contributed by atoms with Gasteiger partial charge in [0.25, 0.3) is 16.6 Å². The largest absolute Gasteiger partial charge is 0.543 e. The number of hydrogen-bond donors (Lipinski definition) is 3. The number of hydrogen-bond acceptors (Lipinski definition) is 6. The average Bonchev–Trinajstić information content (AvgIpc) is 3.13. The van der Waals surface area contributed by atoms with Gasteiger partial charge in [-0.3, -0.25) is 19.2 Å². The highest BCUT2D eigenvalue weighted by Gasteiger charge is 2.48. The fourth-order valence-electron chi connectivity index (χ4n) is 9.44. The van der Waals surface area contributed by atoms with Gasteiger partial charge in [-0.05, 0) is 111 Å². The van der Waals surface area contributed by atoms with E-state index in [1.165, 1.54) is 4.90 Å². The second kappa shape index (κ2) is 22.8. The average molecular weight is 978 g/mol. The molecule has 0 saturated heterocycles. The number of amides is 3. The van der Waals surface area contributed by atoms with Crippen LogP contribution in [0.1, 0.15) is 134 Å². The quantitative estimate of drug-likeness (QED) is 0.0573. The molecule has 0 aliphatic heterocycles. The van der Waals surface area contributed by atoms with E-state index in [-0.39, 0.29) is 24.7 Å². The zero-order valence-corrected chi connectivity index (χ0v) is 43.5. The number of nitrogens with zero attached hydrogens (tertiary/aromatic N) is 1. The Morgan fingerprint density at radius 1 is 0.717 bits per heavy atom. The van der Waals surface area contributed by atoms with Crippen molar-refractivity contribution in [3.63, 3.8) is 0 Å². The molecule has 0 aliphatic rings. The number of likely N-dealkylation sites (N-methyl/N-ethyl adjacent to an activating group) is 1. The first-order chi connectivity index (χ1) is 27.7. The van der Waals surface area contributed by atoms with Gasteiger partial charge in [-0.25, -0.2) is 0 Å². The normalized spacial score (nSPS) is 14.3. The number of halogens is 1. The van der Waals surface area contributed by atoms with E-state index in [1.807, 2.05) is 49.4 Å². The molecule has 0 heterocycles. The molecule has 13 heteroatoms. The summed E-state index contributed by atoms with van der Waals surface area (Å²) in [6.07, 6.45) is 0.245. The van der Waals surface area contributed by atoms with Gasteiger partial charge in [0, 0.05) is 19.4 Å². The minimum absolute atomic E-state index is 0.136. The standard InChI is InChI=1S/C47H76IN3O7Si2/c1-28(2)24-35(15)45(54)49-36(16)47(56)51(17)42(26-37-18-23-43(40(48)25-37)58-60(32(9)10,33(11)12)34(13)14)46(55)50-41(27-44(52)53)38-19-21-39(22-20-38)57-59(29(3)4,30(5)6)31(7)8/h18-23,25,29-36,41-42H,1,24,26-27H2,2-17H3,(H,49,54)(H,50,55)(H,52,53)/t35-,36-,41+,42+/m0/s1. The molecule has 0 fully saturated rings. The monoisotopic (exact) mass is 977 g/mol. The van der Waals surface area contributed by atoms with Crippen molar-refractivity contribution < 1.29 is 33.1 Å². The summed E-state index contributed by atoms with van der Waals surface area (Å²) >= 11 is 2.28. The van der Waals surface area contributed by atoms with Crippen LogP contribution in [0.25, 0.3) is 0 Å². The number of rotatable bonds is 23. The molecule has 0 unspecified atom stereocenters. The van der Waals surface area contributed by atoms with Crippen molar-refractivity contribution in [3.8, 4) is 11.5 Å². The number of carboxylic acid groups (broad SMARTS) is 1. The molecule has 0 aliphatic carbocycles. The van der Waals surface area contributed by atoms with Crippen molar-refractivity contribution >= 4 is 62.9 Å². The fourth-order valence-corrected chi connectivity index (χ4v) is 20.9. The van der Waals surface area contributed by atoms with Crippen molar-refractivity contribution in [3.05, 3.63) is 69.3 Å². The third-order valence-electron chi connectivity index (χ3n) is 12.3. The molecule has 3 amide bonds. The number of carbonyl (C=O) groups excluding carboxylic acids is 3. The predicted molar refractivity (Wildman–Crippen MR) is 259 cm³/mol. The minimum Gasteiger partial charge on any atom is -0.543 e. The van der Waals surface area contributed by atoms with E-state index in [0.717, 1.165) is 26.2 Å². The zero-order valence-electron chi connectivity index (χ0n) is 39.4. The summed E-state index contributed by atoms with van der Waals surface area (Å²) in [4.78, 5) is 55.3. The van der Waals surface area contributed by atoms with Crippen LogP contribution in [0.4, 0.5) is 0 Å². The lowest BCUT2D eigenvalue weighted by molar-refractivity contribution is -0.142. The molecule has 10 nitrogen and oxygen atoms in total. The predicted octanol–water partition coefficient (Wildman–Crippen LogP) is 11.2. The van der Waals surface area contributed by atoms with E-state index in [1.54, 1.807) is 20.9 Å². The lowest BCUT2D eigenvalue weighted by atomic mass is 10.00. The second-order valence-corrected chi connectivity index (χ2v) is 30.7. The van der Waals surface area contributed by atoms with E-state index < -0.39 is 52.5 Å². The molecule has 336 valence electrons. The molecule has 4 atom stereocenters. The summed E-state index contributed by atoms with van der Waals surface area (Å²) in [7, 11) is -2.95. The lowest BCUT2D eigenvalue weighted by Gasteiger charge is -2.42. The van der Waals surface area contributed by atoms with Crippen LogP contribution >= 0.6 is 22.6 Å². The van der Waals surface area contributed by atoms with E-state index >= 15 is 0 Å². The van der Waals surface area contributed by atoms with Crippen LogP contribution in [0.2, 0.25) is 33.2 Å². The van der Waals surface area contributed by atoms with Crippen molar-refractivity contribution in [2.24, 2.45) is 5.92 Å². The van der Waals surface area contributed by atoms with Gasteiger partial charge in [-0.15, -0.1) is 6.58 Å². The Kier molecular flexibility index (Phi) is 20.1. The van der Waals surface area contributed by atoms with Gasteiger partial charge in [-0.2, -0.15) is 0 Å². The topological polar surface area (TPSA) is 134 Å². The van der Waals surface area contributed by atoms with Crippen molar-refractivity contribution in [1.29, 1.82) is 0 Å². The number of benzene rings is 2. The first-order valence-electron chi connectivity index (χ1n) is 21.7. The van der Waals surface area contributed by atoms with Crippen LogP contribution in [-0.4, -0.2) is 69.5 Å². The second-order valence-electron chi connectivity index (χ2n) is 18.8. The molecule has 2 aromatic carbocycles. The van der Waals surface area contributed by atoms with E-state index in [9.17, 15) is 24.3 Å². The maximum absolute atomic E-state index is 14.5.